The van der Waals surface area contributed by atoms with E-state index in [0.29, 0.717) is 16.1 Å². The normalized spacial score (nSPS) is 12.0. The monoisotopic (exact) mass is 349 g/mol. The fourth-order valence-electron chi connectivity index (χ4n) is 2.00. The third kappa shape index (κ3) is 3.91. The largest absolute Gasteiger partial charge is 0.322 e. The lowest BCUT2D eigenvalue weighted by Gasteiger charge is -2.11. The van der Waals surface area contributed by atoms with E-state index in [0.717, 1.165) is 6.42 Å². The minimum atomic E-state index is -0.435. The van der Waals surface area contributed by atoms with E-state index in [-0.39, 0.29) is 11.5 Å². The van der Waals surface area contributed by atoms with Crippen LogP contribution in [0, 0.1) is 5.82 Å². The lowest BCUT2D eigenvalue weighted by molar-refractivity contribution is 0.102. The van der Waals surface area contributed by atoms with Crippen LogP contribution in [0.2, 0.25) is 0 Å². The summed E-state index contributed by atoms with van der Waals surface area (Å²) in [6.07, 6.45) is 1.07. The van der Waals surface area contributed by atoms with Crippen LogP contribution in [0.4, 0.5) is 10.1 Å². The predicted molar refractivity (Wildman–Crippen MR) is 87.2 cm³/mol. The van der Waals surface area contributed by atoms with E-state index in [2.05, 4.69) is 35.1 Å². The highest BCUT2D eigenvalue weighted by Gasteiger charge is 2.11. The van der Waals surface area contributed by atoms with E-state index in [1.54, 1.807) is 0 Å². The molecule has 0 spiro atoms. The van der Waals surface area contributed by atoms with E-state index in [4.69, 9.17) is 0 Å². The summed E-state index contributed by atoms with van der Waals surface area (Å²) in [7, 11) is 0. The molecular weight excluding hydrogens is 333 g/mol. The molecule has 1 amide bonds. The topological polar surface area (TPSA) is 29.1 Å². The van der Waals surface area contributed by atoms with Crippen LogP contribution in [-0.2, 0) is 0 Å². The van der Waals surface area contributed by atoms with Gasteiger partial charge in [0.1, 0.15) is 5.82 Å². The zero-order valence-corrected chi connectivity index (χ0v) is 13.6. The molecule has 1 N–H and O–H groups in total. The van der Waals surface area contributed by atoms with Gasteiger partial charge in [0.15, 0.2) is 0 Å². The van der Waals surface area contributed by atoms with Gasteiger partial charge >= 0.3 is 0 Å². The number of carbonyl (C=O) groups is 1. The molecule has 2 aromatic rings. The molecule has 0 aliphatic rings. The molecule has 0 heterocycles. The molecule has 2 rings (SSSR count). The van der Waals surface area contributed by atoms with Gasteiger partial charge in [0.2, 0.25) is 0 Å². The Balaban J connectivity index is 2.14. The highest BCUT2D eigenvalue weighted by Crippen LogP contribution is 2.22. The summed E-state index contributed by atoms with van der Waals surface area (Å²) in [5.41, 5.74) is 2.21. The maximum Gasteiger partial charge on any atom is 0.256 e. The predicted octanol–water partition coefficient (Wildman–Crippen LogP) is 5.35. The molecular formula is C17H17BrFNO. The Morgan fingerprint density at radius 3 is 2.52 bits per heavy atom. The Bertz CT molecular complexity index is 640. The average molecular weight is 350 g/mol. The Morgan fingerprint density at radius 1 is 1.24 bits per heavy atom. The van der Waals surface area contributed by atoms with Crippen LogP contribution in [0.15, 0.2) is 46.9 Å². The summed E-state index contributed by atoms with van der Waals surface area (Å²) >= 11 is 3.26. The molecule has 21 heavy (non-hydrogen) atoms. The van der Waals surface area contributed by atoms with Crippen molar-refractivity contribution in [2.75, 3.05) is 5.32 Å². The molecule has 2 nitrogen and oxygen atoms in total. The fraction of sp³-hybridized carbons (Fsp3) is 0.235. The van der Waals surface area contributed by atoms with Gasteiger partial charge in [0.25, 0.3) is 5.91 Å². The van der Waals surface area contributed by atoms with Gasteiger partial charge in [-0.1, -0.05) is 26.0 Å². The molecule has 0 saturated carbocycles. The van der Waals surface area contributed by atoms with E-state index in [1.807, 2.05) is 24.3 Å². The molecule has 0 aliphatic carbocycles. The van der Waals surface area contributed by atoms with Crippen LogP contribution >= 0.6 is 15.9 Å². The second-order valence-corrected chi connectivity index (χ2v) is 5.86. The highest BCUT2D eigenvalue weighted by molar-refractivity contribution is 9.10. The van der Waals surface area contributed by atoms with Crippen molar-refractivity contribution in [2.24, 2.45) is 0 Å². The third-order valence-electron chi connectivity index (χ3n) is 3.52. The number of hydrogen-bond donors (Lipinski definition) is 1. The van der Waals surface area contributed by atoms with Crippen molar-refractivity contribution in [1.82, 2.24) is 0 Å². The number of anilines is 1. The molecule has 0 bridgehead atoms. The smallest absolute Gasteiger partial charge is 0.256 e. The van der Waals surface area contributed by atoms with E-state index in [1.165, 1.54) is 23.8 Å². The minimum Gasteiger partial charge on any atom is -0.322 e. The zero-order valence-electron chi connectivity index (χ0n) is 12.0. The average Bonchev–Trinajstić information content (AvgIpc) is 2.49. The number of amides is 1. The van der Waals surface area contributed by atoms with Crippen molar-refractivity contribution in [3.05, 3.63) is 63.9 Å². The first-order chi connectivity index (χ1) is 10.0. The van der Waals surface area contributed by atoms with Gasteiger partial charge in [0, 0.05) is 10.2 Å². The SMILES string of the molecule is CCC(C)c1ccc(NC(=O)c2cc(F)ccc2Br)cc1. The summed E-state index contributed by atoms with van der Waals surface area (Å²) in [5, 5.41) is 2.77. The summed E-state index contributed by atoms with van der Waals surface area (Å²) < 4.78 is 13.8. The Labute approximate surface area is 132 Å². The van der Waals surface area contributed by atoms with Crippen molar-refractivity contribution in [1.29, 1.82) is 0 Å². The van der Waals surface area contributed by atoms with Crippen LogP contribution in [0.5, 0.6) is 0 Å². The van der Waals surface area contributed by atoms with Gasteiger partial charge < -0.3 is 5.32 Å². The summed E-state index contributed by atoms with van der Waals surface area (Å²) in [6, 6.07) is 11.8. The van der Waals surface area contributed by atoms with E-state index in [9.17, 15) is 9.18 Å². The maximum atomic E-state index is 13.2. The first-order valence-electron chi connectivity index (χ1n) is 6.87. The van der Waals surface area contributed by atoms with E-state index < -0.39 is 5.82 Å². The van der Waals surface area contributed by atoms with Crippen LogP contribution in [0.1, 0.15) is 42.1 Å². The second-order valence-electron chi connectivity index (χ2n) is 5.01. The maximum absolute atomic E-state index is 13.2. The second kappa shape index (κ2) is 6.85. The van der Waals surface area contributed by atoms with Gasteiger partial charge in [-0.2, -0.15) is 0 Å². The van der Waals surface area contributed by atoms with Gasteiger partial charge in [0.05, 0.1) is 5.56 Å². The zero-order chi connectivity index (χ0) is 15.4. The van der Waals surface area contributed by atoms with Crippen molar-refractivity contribution in [3.8, 4) is 0 Å². The minimum absolute atomic E-state index is 0.279. The first-order valence-corrected chi connectivity index (χ1v) is 7.67. The number of rotatable bonds is 4. The molecule has 0 aliphatic heterocycles. The van der Waals surface area contributed by atoms with Crippen molar-refractivity contribution in [3.63, 3.8) is 0 Å². The highest BCUT2D eigenvalue weighted by atomic mass is 79.9. The van der Waals surface area contributed by atoms with Crippen LogP contribution in [-0.4, -0.2) is 5.91 Å². The molecule has 1 unspecified atom stereocenters. The van der Waals surface area contributed by atoms with Crippen molar-refractivity contribution >= 4 is 27.5 Å². The lowest BCUT2D eigenvalue weighted by atomic mass is 9.98. The molecule has 110 valence electrons. The Morgan fingerprint density at radius 2 is 1.90 bits per heavy atom. The van der Waals surface area contributed by atoms with Gasteiger partial charge in [-0.05, 0) is 64.2 Å². The summed E-state index contributed by atoms with van der Waals surface area (Å²) in [5.74, 6) is -0.278. The van der Waals surface area contributed by atoms with Crippen molar-refractivity contribution in [2.45, 2.75) is 26.2 Å². The third-order valence-corrected chi connectivity index (χ3v) is 4.21. The van der Waals surface area contributed by atoms with Crippen molar-refractivity contribution < 1.29 is 9.18 Å². The lowest BCUT2D eigenvalue weighted by Crippen LogP contribution is -2.13. The molecule has 1 atom stereocenters. The van der Waals surface area contributed by atoms with Gasteiger partial charge in [-0.15, -0.1) is 0 Å². The van der Waals surface area contributed by atoms with Gasteiger partial charge in [-0.3, -0.25) is 4.79 Å². The molecule has 0 fully saturated rings. The standard InChI is InChI=1S/C17H17BrFNO/c1-3-11(2)12-4-7-14(8-5-12)20-17(21)15-10-13(19)6-9-16(15)18/h4-11H,3H2,1-2H3,(H,20,21). The Hall–Kier alpha value is -1.68. The Kier molecular flexibility index (Phi) is 5.12. The quantitative estimate of drug-likeness (QED) is 0.791. The number of benzene rings is 2. The van der Waals surface area contributed by atoms with Gasteiger partial charge in [-0.25, -0.2) is 4.39 Å². The van der Waals surface area contributed by atoms with E-state index >= 15 is 0 Å². The molecule has 0 saturated heterocycles. The summed E-state index contributed by atoms with van der Waals surface area (Å²) in [6.45, 7) is 4.30. The number of nitrogens with one attached hydrogen (secondary N) is 1. The number of hydrogen-bond acceptors (Lipinski definition) is 1. The van der Waals surface area contributed by atoms with Crippen LogP contribution in [0.3, 0.4) is 0 Å². The number of halogens is 2. The summed E-state index contributed by atoms with van der Waals surface area (Å²) in [4.78, 5) is 12.2. The fourth-order valence-corrected chi connectivity index (χ4v) is 2.43. The molecule has 0 radical (unpaired) electrons. The molecule has 0 aromatic heterocycles. The van der Waals surface area contributed by atoms with Crippen LogP contribution in [0.25, 0.3) is 0 Å². The van der Waals surface area contributed by atoms with Crippen LogP contribution < -0.4 is 5.32 Å². The number of carbonyl (C=O) groups excluding carboxylic acids is 1. The first kappa shape index (κ1) is 15.7. The molecule has 4 heteroatoms. The molecule has 2 aromatic carbocycles.